The summed E-state index contributed by atoms with van der Waals surface area (Å²) in [4.78, 5) is 14.2. The number of aliphatic hydroxyl groups excluding tert-OH is 1. The van der Waals surface area contributed by atoms with Gasteiger partial charge in [-0.1, -0.05) is 0 Å². The molecule has 5 heteroatoms. The summed E-state index contributed by atoms with van der Waals surface area (Å²) < 4.78 is 2.00. The largest absolute Gasteiger partial charge is 0.391 e. The molecule has 1 unspecified atom stereocenters. The van der Waals surface area contributed by atoms with Crippen molar-refractivity contribution in [2.75, 3.05) is 13.6 Å². The van der Waals surface area contributed by atoms with Gasteiger partial charge in [-0.05, 0) is 58.4 Å². The van der Waals surface area contributed by atoms with Crippen LogP contribution in [0.15, 0.2) is 6.07 Å². The van der Waals surface area contributed by atoms with E-state index in [9.17, 15) is 9.90 Å². The van der Waals surface area contributed by atoms with Crippen LogP contribution in [0, 0.1) is 5.92 Å². The summed E-state index contributed by atoms with van der Waals surface area (Å²) in [6.45, 7) is 6.73. The molecule has 2 saturated carbocycles. The highest BCUT2D eigenvalue weighted by Crippen LogP contribution is 2.41. The molecular formula is C17H27N3O2. The summed E-state index contributed by atoms with van der Waals surface area (Å²) in [5.41, 5.74) is 1.55. The van der Waals surface area contributed by atoms with Crippen molar-refractivity contribution in [3.63, 3.8) is 0 Å². The first-order valence-corrected chi connectivity index (χ1v) is 8.31. The van der Waals surface area contributed by atoms with E-state index in [0.717, 1.165) is 12.8 Å². The minimum absolute atomic E-state index is 0.0930. The molecule has 1 atom stereocenters. The third kappa shape index (κ3) is 3.19. The van der Waals surface area contributed by atoms with Crippen LogP contribution in [-0.2, 0) is 5.54 Å². The van der Waals surface area contributed by atoms with Gasteiger partial charge < -0.3 is 10.0 Å². The molecule has 3 rings (SSSR count). The lowest BCUT2D eigenvalue weighted by Gasteiger charge is -2.22. The number of hydrogen-bond acceptors (Lipinski definition) is 3. The van der Waals surface area contributed by atoms with E-state index in [-0.39, 0.29) is 11.4 Å². The third-order valence-electron chi connectivity index (χ3n) is 4.56. The van der Waals surface area contributed by atoms with E-state index in [4.69, 9.17) is 0 Å². The maximum atomic E-state index is 12.6. The molecule has 0 aliphatic heterocycles. The van der Waals surface area contributed by atoms with Crippen LogP contribution in [0.1, 0.15) is 68.6 Å². The van der Waals surface area contributed by atoms with Gasteiger partial charge >= 0.3 is 0 Å². The topological polar surface area (TPSA) is 58.4 Å². The van der Waals surface area contributed by atoms with E-state index < -0.39 is 6.10 Å². The van der Waals surface area contributed by atoms with Crippen molar-refractivity contribution in [1.82, 2.24) is 14.7 Å². The fourth-order valence-electron chi connectivity index (χ4n) is 2.90. The van der Waals surface area contributed by atoms with Gasteiger partial charge in [0.2, 0.25) is 0 Å². The van der Waals surface area contributed by atoms with Crippen molar-refractivity contribution in [3.8, 4) is 0 Å². The zero-order valence-electron chi connectivity index (χ0n) is 14.0. The molecule has 1 amide bonds. The zero-order chi connectivity index (χ0) is 16.1. The number of aliphatic hydroxyl groups is 1. The third-order valence-corrected chi connectivity index (χ3v) is 4.56. The number of aromatic nitrogens is 2. The van der Waals surface area contributed by atoms with Crippen LogP contribution in [0.3, 0.4) is 0 Å². The average molecular weight is 305 g/mol. The molecule has 2 aliphatic carbocycles. The molecule has 2 fully saturated rings. The second-order valence-corrected chi connectivity index (χ2v) is 7.90. The van der Waals surface area contributed by atoms with Crippen LogP contribution in [0.4, 0.5) is 0 Å². The van der Waals surface area contributed by atoms with Crippen molar-refractivity contribution < 1.29 is 9.90 Å². The van der Waals surface area contributed by atoms with Crippen LogP contribution >= 0.6 is 0 Å². The lowest BCUT2D eigenvalue weighted by Crippen LogP contribution is -2.35. The molecule has 122 valence electrons. The van der Waals surface area contributed by atoms with Crippen molar-refractivity contribution >= 4 is 5.91 Å². The van der Waals surface area contributed by atoms with E-state index in [1.807, 2.05) is 10.7 Å². The first-order chi connectivity index (χ1) is 10.3. The fraction of sp³-hybridized carbons (Fsp3) is 0.765. The van der Waals surface area contributed by atoms with Crippen LogP contribution in [0.5, 0.6) is 0 Å². The predicted octanol–water partition coefficient (Wildman–Crippen LogP) is 2.36. The van der Waals surface area contributed by atoms with Gasteiger partial charge in [0, 0.05) is 25.2 Å². The molecule has 22 heavy (non-hydrogen) atoms. The summed E-state index contributed by atoms with van der Waals surface area (Å²) in [5.74, 6) is 0.838. The minimum Gasteiger partial charge on any atom is -0.391 e. The average Bonchev–Trinajstić information content (AvgIpc) is 3.33. The van der Waals surface area contributed by atoms with Crippen molar-refractivity contribution in [1.29, 1.82) is 0 Å². The molecule has 0 aromatic carbocycles. The monoisotopic (exact) mass is 305 g/mol. The Bertz CT molecular complexity index is 565. The highest BCUT2D eigenvalue weighted by molar-refractivity contribution is 5.92. The molecule has 0 bridgehead atoms. The number of rotatable bonds is 5. The maximum Gasteiger partial charge on any atom is 0.274 e. The normalized spacial score (nSPS) is 20.0. The molecule has 0 spiro atoms. The quantitative estimate of drug-likeness (QED) is 0.908. The van der Waals surface area contributed by atoms with Gasteiger partial charge in [-0.3, -0.25) is 9.48 Å². The Morgan fingerprint density at radius 3 is 2.55 bits per heavy atom. The Balaban J connectivity index is 1.77. The molecular weight excluding hydrogens is 278 g/mol. The standard InChI is InChI=1S/C17H27N3O2/c1-17(2,3)20-14(11-5-6-11)9-13(18-20)16(22)19(4)10-15(21)12-7-8-12/h9,11-12,15,21H,5-8,10H2,1-4H3. The van der Waals surface area contributed by atoms with E-state index >= 15 is 0 Å². The van der Waals surface area contributed by atoms with Gasteiger partial charge in [0.1, 0.15) is 0 Å². The summed E-state index contributed by atoms with van der Waals surface area (Å²) in [7, 11) is 1.75. The number of likely N-dealkylation sites (N-methyl/N-ethyl adjacent to an activating group) is 1. The highest BCUT2D eigenvalue weighted by Gasteiger charge is 2.34. The number of carbonyl (C=O) groups excluding carboxylic acids is 1. The van der Waals surface area contributed by atoms with Gasteiger partial charge in [0.25, 0.3) is 5.91 Å². The first kappa shape index (κ1) is 15.5. The molecule has 1 aromatic heterocycles. The van der Waals surface area contributed by atoms with Crippen molar-refractivity contribution in [2.24, 2.45) is 5.92 Å². The Hall–Kier alpha value is -1.36. The number of hydrogen-bond donors (Lipinski definition) is 1. The molecule has 2 aliphatic rings. The van der Waals surface area contributed by atoms with Crippen molar-refractivity contribution in [2.45, 2.75) is 64.0 Å². The fourth-order valence-corrected chi connectivity index (χ4v) is 2.90. The first-order valence-electron chi connectivity index (χ1n) is 8.31. The predicted molar refractivity (Wildman–Crippen MR) is 84.9 cm³/mol. The number of carbonyl (C=O) groups is 1. The van der Waals surface area contributed by atoms with Gasteiger partial charge in [-0.15, -0.1) is 0 Å². The number of amides is 1. The molecule has 5 nitrogen and oxygen atoms in total. The second-order valence-electron chi connectivity index (χ2n) is 7.90. The van der Waals surface area contributed by atoms with E-state index in [0.29, 0.717) is 24.1 Å². The van der Waals surface area contributed by atoms with Gasteiger partial charge in [-0.25, -0.2) is 0 Å². The lowest BCUT2D eigenvalue weighted by molar-refractivity contribution is 0.0638. The van der Waals surface area contributed by atoms with E-state index in [1.165, 1.54) is 18.5 Å². The summed E-state index contributed by atoms with van der Waals surface area (Å²) in [5, 5.41) is 14.6. The summed E-state index contributed by atoms with van der Waals surface area (Å²) in [6, 6.07) is 1.95. The van der Waals surface area contributed by atoms with Crippen LogP contribution in [-0.4, -0.2) is 45.4 Å². The van der Waals surface area contributed by atoms with Gasteiger partial charge in [0.15, 0.2) is 5.69 Å². The molecule has 1 heterocycles. The SMILES string of the molecule is CN(CC(O)C1CC1)C(=O)c1cc(C2CC2)n(C(C)(C)C)n1. The van der Waals surface area contributed by atoms with E-state index in [2.05, 4.69) is 25.9 Å². The van der Waals surface area contributed by atoms with Crippen LogP contribution in [0.25, 0.3) is 0 Å². The minimum atomic E-state index is -0.401. The Kier molecular flexibility index (Phi) is 3.79. The zero-order valence-corrected chi connectivity index (χ0v) is 14.0. The lowest BCUT2D eigenvalue weighted by atomic mass is 10.1. The summed E-state index contributed by atoms with van der Waals surface area (Å²) in [6.07, 6.45) is 4.13. The summed E-state index contributed by atoms with van der Waals surface area (Å²) >= 11 is 0. The molecule has 1 aromatic rings. The maximum absolute atomic E-state index is 12.6. The highest BCUT2D eigenvalue weighted by atomic mass is 16.3. The molecule has 1 N–H and O–H groups in total. The molecule has 0 radical (unpaired) electrons. The Labute approximate surface area is 132 Å². The van der Waals surface area contributed by atoms with Gasteiger partial charge in [0.05, 0.1) is 11.6 Å². The van der Waals surface area contributed by atoms with Crippen molar-refractivity contribution in [3.05, 3.63) is 17.5 Å². The van der Waals surface area contributed by atoms with E-state index in [1.54, 1.807) is 11.9 Å². The smallest absolute Gasteiger partial charge is 0.274 e. The number of nitrogens with zero attached hydrogens (tertiary/aromatic N) is 3. The van der Waals surface area contributed by atoms with Crippen LogP contribution < -0.4 is 0 Å². The van der Waals surface area contributed by atoms with Crippen LogP contribution in [0.2, 0.25) is 0 Å². The second kappa shape index (κ2) is 5.37. The Morgan fingerprint density at radius 2 is 2.05 bits per heavy atom. The molecule has 0 saturated heterocycles. The Morgan fingerprint density at radius 1 is 1.41 bits per heavy atom. The van der Waals surface area contributed by atoms with Gasteiger partial charge in [-0.2, -0.15) is 5.10 Å².